The summed E-state index contributed by atoms with van der Waals surface area (Å²) in [7, 11) is 0. The molecule has 0 saturated carbocycles. The van der Waals surface area contributed by atoms with Gasteiger partial charge in [-0.3, -0.25) is 19.3 Å². The maximum atomic E-state index is 11.4. The molecule has 1 rings (SSSR count). The number of amides is 2. The van der Waals surface area contributed by atoms with Gasteiger partial charge in [0.2, 0.25) is 0 Å². The molecular formula is C10H15NO5. The van der Waals surface area contributed by atoms with Crippen LogP contribution in [0.2, 0.25) is 0 Å². The first-order valence-corrected chi connectivity index (χ1v) is 5.07. The number of ether oxygens (including phenoxy) is 1. The van der Waals surface area contributed by atoms with Crippen LogP contribution < -0.4 is 0 Å². The predicted octanol–water partition coefficient (Wildman–Crippen LogP) is -0.271. The second-order valence-electron chi connectivity index (χ2n) is 4.08. The second-order valence-corrected chi connectivity index (χ2v) is 4.08. The number of rotatable bonds is 4. The third kappa shape index (κ3) is 2.79. The molecule has 1 N–H and O–H groups in total. The first-order chi connectivity index (χ1) is 7.43. The number of carbonyl (C=O) groups excluding carboxylic acids is 2. The molecule has 0 spiro atoms. The summed E-state index contributed by atoms with van der Waals surface area (Å²) in [6.45, 7) is 3.10. The molecule has 6 nitrogen and oxygen atoms in total. The van der Waals surface area contributed by atoms with E-state index >= 15 is 0 Å². The van der Waals surface area contributed by atoms with Crippen molar-refractivity contribution in [1.29, 1.82) is 0 Å². The molecule has 1 aliphatic rings. The van der Waals surface area contributed by atoms with Crippen molar-refractivity contribution in [3.05, 3.63) is 0 Å². The zero-order valence-electron chi connectivity index (χ0n) is 9.30. The van der Waals surface area contributed by atoms with Gasteiger partial charge in [-0.2, -0.15) is 0 Å². The Bertz CT molecular complexity index is 296. The number of imide groups is 1. The molecule has 1 saturated heterocycles. The van der Waals surface area contributed by atoms with Gasteiger partial charge in [0, 0.05) is 6.54 Å². The molecule has 2 amide bonds. The molecule has 0 aromatic rings. The van der Waals surface area contributed by atoms with Crippen LogP contribution >= 0.6 is 0 Å². The lowest BCUT2D eigenvalue weighted by molar-refractivity contribution is -0.160. The van der Waals surface area contributed by atoms with Crippen LogP contribution in [0.15, 0.2) is 0 Å². The average Bonchev–Trinajstić information content (AvgIpc) is 2.15. The van der Waals surface area contributed by atoms with Gasteiger partial charge in [0.1, 0.15) is 13.2 Å². The molecule has 1 fully saturated rings. The van der Waals surface area contributed by atoms with Crippen LogP contribution in [0.5, 0.6) is 0 Å². The van der Waals surface area contributed by atoms with E-state index in [1.54, 1.807) is 13.8 Å². The monoisotopic (exact) mass is 229 g/mol. The summed E-state index contributed by atoms with van der Waals surface area (Å²) in [6.07, 6.45) is 0. The van der Waals surface area contributed by atoms with Gasteiger partial charge in [-0.05, 0) is 5.92 Å². The van der Waals surface area contributed by atoms with Crippen LogP contribution in [-0.4, -0.2) is 47.5 Å². The molecule has 0 radical (unpaired) electrons. The van der Waals surface area contributed by atoms with E-state index in [4.69, 9.17) is 9.84 Å². The molecule has 0 aromatic carbocycles. The average molecular weight is 229 g/mol. The summed E-state index contributed by atoms with van der Waals surface area (Å²) in [6, 6.07) is 0. The SMILES string of the molecule is CC(C)C(CN1C(=O)COCC1=O)C(=O)O. The molecule has 1 atom stereocenters. The van der Waals surface area contributed by atoms with Gasteiger partial charge < -0.3 is 9.84 Å². The van der Waals surface area contributed by atoms with Crippen molar-refractivity contribution in [3.8, 4) is 0 Å². The maximum Gasteiger partial charge on any atom is 0.308 e. The molecule has 0 aromatic heterocycles. The minimum absolute atomic E-state index is 0.0754. The zero-order chi connectivity index (χ0) is 12.3. The Labute approximate surface area is 93.2 Å². The Morgan fingerprint density at radius 3 is 2.25 bits per heavy atom. The van der Waals surface area contributed by atoms with E-state index in [0.29, 0.717) is 0 Å². The van der Waals surface area contributed by atoms with Gasteiger partial charge >= 0.3 is 5.97 Å². The van der Waals surface area contributed by atoms with Crippen molar-refractivity contribution >= 4 is 17.8 Å². The van der Waals surface area contributed by atoms with Crippen molar-refractivity contribution in [2.75, 3.05) is 19.8 Å². The van der Waals surface area contributed by atoms with Crippen molar-refractivity contribution in [3.63, 3.8) is 0 Å². The zero-order valence-corrected chi connectivity index (χ0v) is 9.30. The Kier molecular flexibility index (Phi) is 4.00. The van der Waals surface area contributed by atoms with Crippen LogP contribution in [0.1, 0.15) is 13.8 Å². The minimum atomic E-state index is -0.998. The van der Waals surface area contributed by atoms with E-state index in [1.165, 1.54) is 0 Å². The van der Waals surface area contributed by atoms with Gasteiger partial charge in [0.05, 0.1) is 5.92 Å². The minimum Gasteiger partial charge on any atom is -0.481 e. The molecule has 0 aliphatic carbocycles. The van der Waals surface area contributed by atoms with E-state index in [-0.39, 0.29) is 25.7 Å². The Balaban J connectivity index is 2.72. The highest BCUT2D eigenvalue weighted by molar-refractivity contribution is 5.98. The fourth-order valence-electron chi connectivity index (χ4n) is 1.49. The number of aliphatic carboxylic acids is 1. The van der Waals surface area contributed by atoms with E-state index < -0.39 is 23.7 Å². The molecule has 90 valence electrons. The highest BCUT2D eigenvalue weighted by Gasteiger charge is 2.32. The first kappa shape index (κ1) is 12.6. The maximum absolute atomic E-state index is 11.4. The number of nitrogens with zero attached hydrogens (tertiary/aromatic N) is 1. The van der Waals surface area contributed by atoms with Crippen LogP contribution in [0.25, 0.3) is 0 Å². The Morgan fingerprint density at radius 2 is 1.88 bits per heavy atom. The quantitative estimate of drug-likeness (QED) is 0.671. The molecular weight excluding hydrogens is 214 g/mol. The third-order valence-corrected chi connectivity index (χ3v) is 2.55. The molecule has 6 heteroatoms. The van der Waals surface area contributed by atoms with Gasteiger partial charge in [0.15, 0.2) is 0 Å². The number of carboxylic acids is 1. The third-order valence-electron chi connectivity index (χ3n) is 2.55. The summed E-state index contributed by atoms with van der Waals surface area (Å²) < 4.78 is 4.74. The van der Waals surface area contributed by atoms with Gasteiger partial charge in [-0.25, -0.2) is 0 Å². The Morgan fingerprint density at radius 1 is 1.38 bits per heavy atom. The van der Waals surface area contributed by atoms with E-state index in [9.17, 15) is 14.4 Å². The number of carbonyl (C=O) groups is 3. The summed E-state index contributed by atoms with van der Waals surface area (Å²) in [4.78, 5) is 34.7. The lowest BCUT2D eigenvalue weighted by Gasteiger charge is -2.28. The summed E-state index contributed by atoms with van der Waals surface area (Å²) in [5.41, 5.74) is 0. The number of hydrogen-bond donors (Lipinski definition) is 1. The van der Waals surface area contributed by atoms with E-state index in [1.807, 2.05) is 0 Å². The van der Waals surface area contributed by atoms with Crippen LogP contribution in [0.3, 0.4) is 0 Å². The number of carboxylic acid groups (broad SMARTS) is 1. The molecule has 1 unspecified atom stereocenters. The highest BCUT2D eigenvalue weighted by Crippen LogP contribution is 2.14. The summed E-state index contributed by atoms with van der Waals surface area (Å²) in [5, 5.41) is 8.97. The standard InChI is InChI=1S/C10H15NO5/c1-6(2)7(10(14)15)3-11-8(12)4-16-5-9(11)13/h6-7H,3-5H2,1-2H3,(H,14,15). The fourth-order valence-corrected chi connectivity index (χ4v) is 1.49. The lowest BCUT2D eigenvalue weighted by atomic mass is 9.95. The van der Waals surface area contributed by atoms with Gasteiger partial charge in [-0.15, -0.1) is 0 Å². The molecule has 0 bridgehead atoms. The van der Waals surface area contributed by atoms with Crippen molar-refractivity contribution < 1.29 is 24.2 Å². The first-order valence-electron chi connectivity index (χ1n) is 5.07. The van der Waals surface area contributed by atoms with Gasteiger partial charge in [-0.1, -0.05) is 13.8 Å². The predicted molar refractivity (Wildman–Crippen MR) is 53.5 cm³/mol. The van der Waals surface area contributed by atoms with Crippen molar-refractivity contribution in [1.82, 2.24) is 4.90 Å². The number of hydrogen-bond acceptors (Lipinski definition) is 4. The Hall–Kier alpha value is -1.43. The largest absolute Gasteiger partial charge is 0.481 e. The fraction of sp³-hybridized carbons (Fsp3) is 0.700. The van der Waals surface area contributed by atoms with Crippen molar-refractivity contribution in [2.45, 2.75) is 13.8 Å². The van der Waals surface area contributed by atoms with E-state index in [2.05, 4.69) is 0 Å². The second kappa shape index (κ2) is 5.07. The lowest BCUT2D eigenvalue weighted by Crippen LogP contribution is -2.49. The summed E-state index contributed by atoms with van der Waals surface area (Å²) >= 11 is 0. The van der Waals surface area contributed by atoms with Crippen LogP contribution in [0, 0.1) is 11.8 Å². The molecule has 1 heterocycles. The normalized spacial score (nSPS) is 19.1. The smallest absolute Gasteiger partial charge is 0.308 e. The topological polar surface area (TPSA) is 83.9 Å². The molecule has 1 aliphatic heterocycles. The summed E-state index contributed by atoms with van der Waals surface area (Å²) in [5.74, 6) is -2.81. The number of morpholine rings is 1. The van der Waals surface area contributed by atoms with E-state index in [0.717, 1.165) is 4.90 Å². The molecule has 16 heavy (non-hydrogen) atoms. The van der Waals surface area contributed by atoms with Crippen LogP contribution in [0.4, 0.5) is 0 Å². The van der Waals surface area contributed by atoms with Crippen molar-refractivity contribution in [2.24, 2.45) is 11.8 Å². The van der Waals surface area contributed by atoms with Gasteiger partial charge in [0.25, 0.3) is 11.8 Å². The highest BCUT2D eigenvalue weighted by atomic mass is 16.5. The van der Waals surface area contributed by atoms with Crippen LogP contribution in [-0.2, 0) is 19.1 Å².